The number of carbonyl (C=O) groups is 1. The van der Waals surface area contributed by atoms with E-state index in [2.05, 4.69) is 6.92 Å². The minimum absolute atomic E-state index is 0.0891. The number of carboxylic acid groups (broad SMARTS) is 1. The van der Waals surface area contributed by atoms with Gasteiger partial charge in [-0.2, -0.15) is 0 Å². The number of unbranched alkanes of at least 4 members (excludes halogenated alkanes) is 6. The zero-order chi connectivity index (χ0) is 15.0. The van der Waals surface area contributed by atoms with E-state index >= 15 is 0 Å². The Balaban J connectivity index is 2.49. The zero-order valence-electron chi connectivity index (χ0n) is 12.1. The number of hydrogen-bond donors (Lipinski definition) is 3. The standard InChI is InChI=1S/C16H24O4/c1-2-3-4-5-6-7-8-9-12-10-13(17)11-14(18)15(12)16(19)20/h10-11,17-18H,2-9H2,1H3,(H,19,20). The van der Waals surface area contributed by atoms with Crippen LogP contribution >= 0.6 is 0 Å². The summed E-state index contributed by atoms with van der Waals surface area (Å²) in [5.41, 5.74) is 0.414. The molecular weight excluding hydrogens is 256 g/mol. The van der Waals surface area contributed by atoms with Crippen LogP contribution in [-0.2, 0) is 6.42 Å². The summed E-state index contributed by atoms with van der Waals surface area (Å²) >= 11 is 0. The summed E-state index contributed by atoms with van der Waals surface area (Å²) in [6.45, 7) is 2.18. The van der Waals surface area contributed by atoms with E-state index in [0.717, 1.165) is 25.3 Å². The molecule has 0 saturated carbocycles. The molecule has 1 aromatic carbocycles. The lowest BCUT2D eigenvalue weighted by Gasteiger charge is -2.09. The van der Waals surface area contributed by atoms with Gasteiger partial charge in [-0.15, -0.1) is 0 Å². The van der Waals surface area contributed by atoms with Crippen molar-refractivity contribution >= 4 is 5.97 Å². The van der Waals surface area contributed by atoms with E-state index in [0.29, 0.717) is 12.0 Å². The van der Waals surface area contributed by atoms with Crippen molar-refractivity contribution in [3.8, 4) is 11.5 Å². The quantitative estimate of drug-likeness (QED) is 0.595. The SMILES string of the molecule is CCCCCCCCCc1cc(O)cc(O)c1C(=O)O. The molecule has 3 N–H and O–H groups in total. The monoisotopic (exact) mass is 280 g/mol. The van der Waals surface area contributed by atoms with E-state index in [9.17, 15) is 15.0 Å². The molecule has 0 aromatic heterocycles. The molecule has 0 unspecified atom stereocenters. The Morgan fingerprint density at radius 2 is 1.60 bits per heavy atom. The van der Waals surface area contributed by atoms with Crippen molar-refractivity contribution in [1.82, 2.24) is 0 Å². The molecule has 0 spiro atoms. The van der Waals surface area contributed by atoms with Gasteiger partial charge in [-0.25, -0.2) is 4.79 Å². The zero-order valence-corrected chi connectivity index (χ0v) is 12.1. The lowest BCUT2D eigenvalue weighted by atomic mass is 9.99. The predicted molar refractivity (Wildman–Crippen MR) is 78.4 cm³/mol. The van der Waals surface area contributed by atoms with Crippen LogP contribution in [0, 0.1) is 0 Å². The molecule has 4 nitrogen and oxygen atoms in total. The van der Waals surface area contributed by atoms with Crippen molar-refractivity contribution in [2.24, 2.45) is 0 Å². The van der Waals surface area contributed by atoms with Crippen LogP contribution in [0.15, 0.2) is 12.1 Å². The van der Waals surface area contributed by atoms with Crippen LogP contribution in [0.1, 0.15) is 67.8 Å². The Kier molecular flexibility index (Phi) is 6.91. The fourth-order valence-corrected chi connectivity index (χ4v) is 2.39. The first-order valence-corrected chi connectivity index (χ1v) is 7.34. The van der Waals surface area contributed by atoms with Gasteiger partial charge in [0.25, 0.3) is 0 Å². The van der Waals surface area contributed by atoms with Crippen molar-refractivity contribution < 1.29 is 20.1 Å². The fraction of sp³-hybridized carbons (Fsp3) is 0.562. The van der Waals surface area contributed by atoms with Crippen molar-refractivity contribution in [3.63, 3.8) is 0 Å². The molecule has 0 amide bonds. The largest absolute Gasteiger partial charge is 0.508 e. The van der Waals surface area contributed by atoms with E-state index in [-0.39, 0.29) is 17.1 Å². The Morgan fingerprint density at radius 3 is 2.20 bits per heavy atom. The minimum Gasteiger partial charge on any atom is -0.508 e. The van der Waals surface area contributed by atoms with Gasteiger partial charge in [-0.05, 0) is 24.5 Å². The maximum atomic E-state index is 11.1. The normalized spacial score (nSPS) is 10.7. The summed E-state index contributed by atoms with van der Waals surface area (Å²) in [5, 5.41) is 28.1. The number of benzene rings is 1. The smallest absolute Gasteiger partial charge is 0.339 e. The van der Waals surface area contributed by atoms with Crippen LogP contribution < -0.4 is 0 Å². The summed E-state index contributed by atoms with van der Waals surface area (Å²) in [7, 11) is 0. The number of rotatable bonds is 9. The number of phenolic OH excluding ortho intramolecular Hbond substituents is 1. The lowest BCUT2D eigenvalue weighted by molar-refractivity contribution is 0.0692. The van der Waals surface area contributed by atoms with E-state index in [1.165, 1.54) is 31.7 Å². The Hall–Kier alpha value is -1.71. The molecule has 0 bridgehead atoms. The third kappa shape index (κ3) is 5.11. The maximum absolute atomic E-state index is 11.1. The number of aryl methyl sites for hydroxylation is 1. The molecule has 0 fully saturated rings. The van der Waals surface area contributed by atoms with Crippen LogP contribution in [0.2, 0.25) is 0 Å². The third-order valence-electron chi connectivity index (χ3n) is 3.45. The van der Waals surface area contributed by atoms with E-state index in [1.54, 1.807) is 0 Å². The molecule has 112 valence electrons. The van der Waals surface area contributed by atoms with E-state index in [4.69, 9.17) is 5.11 Å². The lowest BCUT2D eigenvalue weighted by Crippen LogP contribution is -2.03. The van der Waals surface area contributed by atoms with Crippen LogP contribution in [0.4, 0.5) is 0 Å². The second-order valence-electron chi connectivity index (χ2n) is 5.18. The highest BCUT2D eigenvalue weighted by atomic mass is 16.4. The molecule has 0 aliphatic rings. The van der Waals surface area contributed by atoms with Gasteiger partial charge < -0.3 is 15.3 Å². The highest BCUT2D eigenvalue weighted by Gasteiger charge is 2.16. The number of phenols is 2. The van der Waals surface area contributed by atoms with Gasteiger partial charge in [-0.3, -0.25) is 0 Å². The maximum Gasteiger partial charge on any atom is 0.339 e. The van der Waals surface area contributed by atoms with Gasteiger partial charge in [0.05, 0.1) is 0 Å². The van der Waals surface area contributed by atoms with Crippen LogP contribution in [0.25, 0.3) is 0 Å². The number of aromatic hydroxyl groups is 2. The molecule has 0 saturated heterocycles. The summed E-state index contributed by atoms with van der Waals surface area (Å²) in [6, 6.07) is 2.50. The van der Waals surface area contributed by atoms with Gasteiger partial charge in [0.2, 0.25) is 0 Å². The highest BCUT2D eigenvalue weighted by Crippen LogP contribution is 2.28. The third-order valence-corrected chi connectivity index (χ3v) is 3.45. The Bertz CT molecular complexity index is 440. The number of aromatic carboxylic acids is 1. The highest BCUT2D eigenvalue weighted by molar-refractivity contribution is 5.92. The molecular formula is C16H24O4. The van der Waals surface area contributed by atoms with Gasteiger partial charge in [0.15, 0.2) is 0 Å². The topological polar surface area (TPSA) is 77.8 Å². The molecule has 1 rings (SSSR count). The molecule has 1 aromatic rings. The van der Waals surface area contributed by atoms with Crippen LogP contribution in [0.5, 0.6) is 11.5 Å². The Morgan fingerprint density at radius 1 is 1.00 bits per heavy atom. The summed E-state index contributed by atoms with van der Waals surface area (Å²) < 4.78 is 0. The molecule has 4 heteroatoms. The summed E-state index contributed by atoms with van der Waals surface area (Å²) in [6.07, 6.45) is 8.59. The summed E-state index contributed by atoms with van der Waals surface area (Å²) in [5.74, 6) is -1.61. The average molecular weight is 280 g/mol. The van der Waals surface area contributed by atoms with E-state index < -0.39 is 5.97 Å². The Labute approximate surface area is 120 Å². The van der Waals surface area contributed by atoms with Gasteiger partial charge in [-0.1, -0.05) is 45.4 Å². The second-order valence-corrected chi connectivity index (χ2v) is 5.18. The van der Waals surface area contributed by atoms with E-state index in [1.807, 2.05) is 0 Å². The molecule has 0 aliphatic heterocycles. The van der Waals surface area contributed by atoms with Crippen LogP contribution in [0.3, 0.4) is 0 Å². The van der Waals surface area contributed by atoms with Crippen molar-refractivity contribution in [3.05, 3.63) is 23.3 Å². The first kappa shape index (κ1) is 16.3. The minimum atomic E-state index is -1.15. The van der Waals surface area contributed by atoms with Gasteiger partial charge in [0, 0.05) is 6.07 Å². The van der Waals surface area contributed by atoms with Crippen molar-refractivity contribution in [2.75, 3.05) is 0 Å². The van der Waals surface area contributed by atoms with Gasteiger partial charge >= 0.3 is 5.97 Å². The molecule has 0 aliphatic carbocycles. The number of carboxylic acids is 1. The number of hydrogen-bond acceptors (Lipinski definition) is 3. The van der Waals surface area contributed by atoms with Crippen molar-refractivity contribution in [2.45, 2.75) is 58.3 Å². The summed E-state index contributed by atoms with van der Waals surface area (Å²) in [4.78, 5) is 11.1. The average Bonchev–Trinajstić information content (AvgIpc) is 2.36. The molecule has 0 heterocycles. The second kappa shape index (κ2) is 8.46. The molecule has 0 radical (unpaired) electrons. The first-order valence-electron chi connectivity index (χ1n) is 7.34. The predicted octanol–water partition coefficient (Wildman–Crippen LogP) is 4.09. The van der Waals surface area contributed by atoms with Gasteiger partial charge in [0.1, 0.15) is 17.1 Å². The van der Waals surface area contributed by atoms with Crippen molar-refractivity contribution in [1.29, 1.82) is 0 Å². The first-order chi connectivity index (χ1) is 9.56. The molecule has 20 heavy (non-hydrogen) atoms. The molecule has 0 atom stereocenters. The fourth-order valence-electron chi connectivity index (χ4n) is 2.39. The van der Waals surface area contributed by atoms with Crippen LogP contribution in [-0.4, -0.2) is 21.3 Å².